The van der Waals surface area contributed by atoms with Crippen LogP contribution in [0.4, 0.5) is 0 Å². The zero-order valence-electron chi connectivity index (χ0n) is 11.8. The first kappa shape index (κ1) is 14.1. The Morgan fingerprint density at radius 3 is 2.55 bits per heavy atom. The molecule has 1 atom stereocenters. The van der Waals surface area contributed by atoms with Crippen molar-refractivity contribution in [2.75, 3.05) is 7.11 Å². The van der Waals surface area contributed by atoms with Crippen molar-refractivity contribution in [1.82, 2.24) is 5.32 Å². The van der Waals surface area contributed by atoms with Crippen LogP contribution in [0.25, 0.3) is 0 Å². The van der Waals surface area contributed by atoms with Gasteiger partial charge in [-0.25, -0.2) is 0 Å². The van der Waals surface area contributed by atoms with Crippen LogP contribution in [0.1, 0.15) is 22.7 Å². The molecule has 0 aliphatic heterocycles. The average Bonchev–Trinajstić information content (AvgIpc) is 2.48. The minimum absolute atomic E-state index is 0.294. The molecule has 0 saturated carbocycles. The Bertz CT molecular complexity index is 599. The quantitative estimate of drug-likeness (QED) is 0.902. The maximum absolute atomic E-state index is 9.30. The van der Waals surface area contributed by atoms with Gasteiger partial charge in [-0.15, -0.1) is 0 Å². The zero-order valence-corrected chi connectivity index (χ0v) is 11.8. The van der Waals surface area contributed by atoms with Crippen LogP contribution >= 0.6 is 0 Å². The highest BCUT2D eigenvalue weighted by Crippen LogP contribution is 2.16. The summed E-state index contributed by atoms with van der Waals surface area (Å²) < 4.78 is 5.13. The highest BCUT2D eigenvalue weighted by molar-refractivity contribution is 5.30. The summed E-state index contributed by atoms with van der Waals surface area (Å²) in [5.41, 5.74) is 3.29. The fraction of sp³-hybridized carbons (Fsp3) is 0.235. The topological polar surface area (TPSA) is 45.0 Å². The van der Waals surface area contributed by atoms with Crippen LogP contribution in [0.5, 0.6) is 5.75 Å². The van der Waals surface area contributed by atoms with Crippen molar-refractivity contribution in [3.05, 3.63) is 65.2 Å². The van der Waals surface area contributed by atoms with Gasteiger partial charge >= 0.3 is 0 Å². The highest BCUT2D eigenvalue weighted by atomic mass is 16.5. The van der Waals surface area contributed by atoms with Gasteiger partial charge in [0.25, 0.3) is 0 Å². The number of nitrogens with one attached hydrogen (secondary N) is 1. The van der Waals surface area contributed by atoms with Crippen molar-refractivity contribution in [3.8, 4) is 11.8 Å². The monoisotopic (exact) mass is 266 g/mol. The molecule has 2 rings (SSSR count). The van der Waals surface area contributed by atoms with Crippen LogP contribution in [0.15, 0.2) is 48.5 Å². The maximum Gasteiger partial charge on any atom is 0.121 e. The molecule has 0 fully saturated rings. The van der Waals surface area contributed by atoms with E-state index in [0.717, 1.165) is 22.4 Å². The van der Waals surface area contributed by atoms with E-state index in [4.69, 9.17) is 4.74 Å². The largest absolute Gasteiger partial charge is 0.497 e. The molecule has 0 amide bonds. The molecule has 2 aromatic carbocycles. The van der Waals surface area contributed by atoms with Gasteiger partial charge in [-0.05, 0) is 30.2 Å². The Labute approximate surface area is 119 Å². The number of ether oxygens (including phenoxy) is 1. The summed E-state index contributed by atoms with van der Waals surface area (Å²) >= 11 is 0. The Morgan fingerprint density at radius 1 is 1.20 bits per heavy atom. The number of hydrogen-bond donors (Lipinski definition) is 1. The number of methoxy groups -OCH3 is 1. The van der Waals surface area contributed by atoms with E-state index < -0.39 is 0 Å². The molecule has 0 heterocycles. The lowest BCUT2D eigenvalue weighted by Gasteiger charge is -2.12. The van der Waals surface area contributed by atoms with Crippen molar-refractivity contribution >= 4 is 0 Å². The SMILES string of the molecule is COc1ccc(CNC(C#N)c2cccc(C)c2)cc1. The summed E-state index contributed by atoms with van der Waals surface area (Å²) in [4.78, 5) is 0. The molecular weight excluding hydrogens is 248 g/mol. The summed E-state index contributed by atoms with van der Waals surface area (Å²) in [5, 5.41) is 12.6. The standard InChI is InChI=1S/C17H18N2O/c1-13-4-3-5-15(10-13)17(11-18)19-12-14-6-8-16(20-2)9-7-14/h3-10,17,19H,12H2,1-2H3. The van der Waals surface area contributed by atoms with Gasteiger partial charge in [-0.1, -0.05) is 42.0 Å². The maximum atomic E-state index is 9.30. The van der Waals surface area contributed by atoms with E-state index in [9.17, 15) is 5.26 Å². The summed E-state index contributed by atoms with van der Waals surface area (Å²) in [5.74, 6) is 0.837. The van der Waals surface area contributed by atoms with Crippen LogP contribution in [-0.2, 0) is 6.54 Å². The van der Waals surface area contributed by atoms with Crippen LogP contribution in [0.2, 0.25) is 0 Å². The van der Waals surface area contributed by atoms with Gasteiger partial charge in [0.1, 0.15) is 11.8 Å². The van der Waals surface area contributed by atoms with Crippen molar-refractivity contribution in [1.29, 1.82) is 5.26 Å². The van der Waals surface area contributed by atoms with E-state index in [1.165, 1.54) is 0 Å². The fourth-order valence-electron chi connectivity index (χ4n) is 2.05. The molecule has 3 nitrogen and oxygen atoms in total. The van der Waals surface area contributed by atoms with E-state index in [2.05, 4.69) is 11.4 Å². The number of rotatable bonds is 5. The molecule has 3 heteroatoms. The van der Waals surface area contributed by atoms with E-state index >= 15 is 0 Å². The summed E-state index contributed by atoms with van der Waals surface area (Å²) in [7, 11) is 1.65. The Hall–Kier alpha value is -2.31. The van der Waals surface area contributed by atoms with Crippen LogP contribution in [0, 0.1) is 18.3 Å². The minimum atomic E-state index is -0.294. The van der Waals surface area contributed by atoms with E-state index in [0.29, 0.717) is 6.54 Å². The van der Waals surface area contributed by atoms with Crippen molar-refractivity contribution < 1.29 is 4.74 Å². The van der Waals surface area contributed by atoms with Gasteiger partial charge in [0.2, 0.25) is 0 Å². The molecule has 20 heavy (non-hydrogen) atoms. The molecule has 0 bridgehead atoms. The molecule has 0 aliphatic rings. The van der Waals surface area contributed by atoms with Gasteiger partial charge in [-0.3, -0.25) is 5.32 Å². The lowest BCUT2D eigenvalue weighted by molar-refractivity contribution is 0.414. The molecule has 2 aromatic rings. The van der Waals surface area contributed by atoms with Crippen molar-refractivity contribution in [3.63, 3.8) is 0 Å². The lowest BCUT2D eigenvalue weighted by atomic mass is 10.1. The smallest absolute Gasteiger partial charge is 0.121 e. The number of benzene rings is 2. The predicted octanol–water partition coefficient (Wildman–Crippen LogP) is 3.36. The van der Waals surface area contributed by atoms with Crippen LogP contribution in [0.3, 0.4) is 0 Å². The van der Waals surface area contributed by atoms with Crippen LogP contribution < -0.4 is 10.1 Å². The molecular formula is C17H18N2O. The summed E-state index contributed by atoms with van der Waals surface area (Å²) in [6.45, 7) is 2.68. The first-order valence-electron chi connectivity index (χ1n) is 6.55. The third-order valence-electron chi connectivity index (χ3n) is 3.17. The molecule has 0 spiro atoms. The van der Waals surface area contributed by atoms with Gasteiger partial charge < -0.3 is 4.74 Å². The first-order valence-corrected chi connectivity index (χ1v) is 6.55. The van der Waals surface area contributed by atoms with Crippen molar-refractivity contribution in [2.24, 2.45) is 0 Å². The summed E-state index contributed by atoms with van der Waals surface area (Å²) in [6, 6.07) is 17.9. The van der Waals surface area contributed by atoms with E-state index in [-0.39, 0.29) is 6.04 Å². The molecule has 102 valence electrons. The van der Waals surface area contributed by atoms with Crippen LogP contribution in [-0.4, -0.2) is 7.11 Å². The second kappa shape index (κ2) is 6.74. The molecule has 0 saturated heterocycles. The van der Waals surface area contributed by atoms with Crippen molar-refractivity contribution in [2.45, 2.75) is 19.5 Å². The number of hydrogen-bond acceptors (Lipinski definition) is 3. The third kappa shape index (κ3) is 3.59. The zero-order chi connectivity index (χ0) is 14.4. The van der Waals surface area contributed by atoms with Gasteiger partial charge in [-0.2, -0.15) is 5.26 Å². The summed E-state index contributed by atoms with van der Waals surface area (Å²) in [6.07, 6.45) is 0. The normalized spacial score (nSPS) is 11.7. The molecule has 0 aliphatic carbocycles. The lowest BCUT2D eigenvalue weighted by Crippen LogP contribution is -2.19. The van der Waals surface area contributed by atoms with Gasteiger partial charge in [0.05, 0.1) is 13.2 Å². The second-order valence-electron chi connectivity index (χ2n) is 4.71. The minimum Gasteiger partial charge on any atom is -0.497 e. The highest BCUT2D eigenvalue weighted by Gasteiger charge is 2.09. The molecule has 1 N–H and O–H groups in total. The molecule has 0 aromatic heterocycles. The number of nitriles is 1. The average molecular weight is 266 g/mol. The predicted molar refractivity (Wildman–Crippen MR) is 79.4 cm³/mol. The number of aryl methyl sites for hydroxylation is 1. The van der Waals surface area contributed by atoms with Gasteiger partial charge in [0, 0.05) is 6.54 Å². The van der Waals surface area contributed by atoms with E-state index in [1.54, 1.807) is 7.11 Å². The van der Waals surface area contributed by atoms with E-state index in [1.807, 2.05) is 55.5 Å². The first-order chi connectivity index (χ1) is 9.72. The molecule has 0 radical (unpaired) electrons. The fourth-order valence-corrected chi connectivity index (χ4v) is 2.05. The Balaban J connectivity index is 2.02. The third-order valence-corrected chi connectivity index (χ3v) is 3.17. The Morgan fingerprint density at radius 2 is 1.95 bits per heavy atom. The second-order valence-corrected chi connectivity index (χ2v) is 4.71. The number of nitrogens with zero attached hydrogens (tertiary/aromatic N) is 1. The molecule has 1 unspecified atom stereocenters. The Kier molecular flexibility index (Phi) is 4.75. The van der Waals surface area contributed by atoms with Gasteiger partial charge in [0.15, 0.2) is 0 Å².